The highest BCUT2D eigenvalue weighted by molar-refractivity contribution is 8.00. The van der Waals surface area contributed by atoms with Gasteiger partial charge in [-0.1, -0.05) is 19.3 Å². The van der Waals surface area contributed by atoms with Crippen LogP contribution in [0.1, 0.15) is 49.4 Å². The van der Waals surface area contributed by atoms with Crippen LogP contribution in [-0.2, 0) is 14.3 Å². The van der Waals surface area contributed by atoms with Crippen LogP contribution >= 0.6 is 11.8 Å². The predicted octanol–water partition coefficient (Wildman–Crippen LogP) is 2.73. The molecule has 1 saturated carbocycles. The minimum atomic E-state index is -0.952. The maximum Gasteiger partial charge on any atom is 0.331 e. The van der Waals surface area contributed by atoms with Gasteiger partial charge in [0.1, 0.15) is 5.54 Å². The summed E-state index contributed by atoms with van der Waals surface area (Å²) in [7, 11) is 1.34. The Morgan fingerprint density at radius 1 is 1.28 bits per heavy atom. The number of fused-ring (bicyclic) bond motifs is 1. The van der Waals surface area contributed by atoms with Gasteiger partial charge in [-0.2, -0.15) is 0 Å². The van der Waals surface area contributed by atoms with Crippen LogP contribution in [0.15, 0.2) is 23.1 Å². The van der Waals surface area contributed by atoms with Crippen LogP contribution in [0.5, 0.6) is 0 Å². The number of carbonyl (C=O) groups is 3. The number of rotatable bonds is 3. The lowest BCUT2D eigenvalue weighted by Gasteiger charge is -2.35. The van der Waals surface area contributed by atoms with Crippen molar-refractivity contribution in [2.75, 3.05) is 12.4 Å². The molecular weight excluding hydrogens is 340 g/mol. The summed E-state index contributed by atoms with van der Waals surface area (Å²) < 4.78 is 4.93. The SMILES string of the molecule is COC(=O)C1(NC(=O)c2ccc3c(c2)NC(=O)[C@H](C)S3)CCCCC1. The number of hydrogen-bond donors (Lipinski definition) is 2. The zero-order valence-corrected chi connectivity index (χ0v) is 15.2. The summed E-state index contributed by atoms with van der Waals surface area (Å²) in [5, 5.41) is 5.56. The topological polar surface area (TPSA) is 84.5 Å². The van der Waals surface area contributed by atoms with E-state index in [1.165, 1.54) is 18.9 Å². The number of nitrogens with one attached hydrogen (secondary N) is 2. The summed E-state index contributed by atoms with van der Waals surface area (Å²) in [5.74, 6) is -0.794. The lowest BCUT2D eigenvalue weighted by atomic mass is 9.81. The molecule has 0 aromatic heterocycles. The van der Waals surface area contributed by atoms with E-state index >= 15 is 0 Å². The van der Waals surface area contributed by atoms with E-state index in [1.807, 2.05) is 13.0 Å². The van der Waals surface area contributed by atoms with Gasteiger partial charge in [0, 0.05) is 10.5 Å². The van der Waals surface area contributed by atoms with Gasteiger partial charge >= 0.3 is 5.97 Å². The van der Waals surface area contributed by atoms with Gasteiger partial charge in [0.05, 0.1) is 18.0 Å². The first-order valence-corrected chi connectivity index (χ1v) is 9.36. The van der Waals surface area contributed by atoms with Crippen molar-refractivity contribution in [3.05, 3.63) is 23.8 Å². The lowest BCUT2D eigenvalue weighted by molar-refractivity contribution is -0.149. The number of methoxy groups -OCH3 is 1. The fourth-order valence-electron chi connectivity index (χ4n) is 3.37. The Morgan fingerprint density at radius 3 is 2.68 bits per heavy atom. The molecule has 1 atom stereocenters. The molecule has 3 rings (SSSR count). The van der Waals surface area contributed by atoms with Gasteiger partial charge in [0.2, 0.25) is 5.91 Å². The number of hydrogen-bond acceptors (Lipinski definition) is 5. The van der Waals surface area contributed by atoms with Crippen molar-refractivity contribution < 1.29 is 19.1 Å². The van der Waals surface area contributed by atoms with E-state index in [0.717, 1.165) is 24.2 Å². The van der Waals surface area contributed by atoms with E-state index < -0.39 is 11.5 Å². The van der Waals surface area contributed by atoms with Crippen molar-refractivity contribution in [2.45, 2.75) is 54.7 Å². The summed E-state index contributed by atoms with van der Waals surface area (Å²) in [6.45, 7) is 1.84. The standard InChI is InChI=1S/C18H22N2O4S/c1-11-15(21)19-13-10-12(6-7-14(13)25-11)16(22)20-18(17(23)24-2)8-4-3-5-9-18/h6-7,10-11H,3-5,8-9H2,1-2H3,(H,19,21)(H,20,22)/t11-/m0/s1. The van der Waals surface area contributed by atoms with Crippen molar-refractivity contribution >= 4 is 35.2 Å². The molecule has 2 aliphatic rings. The largest absolute Gasteiger partial charge is 0.467 e. The van der Waals surface area contributed by atoms with E-state index in [0.29, 0.717) is 24.1 Å². The highest BCUT2D eigenvalue weighted by Crippen LogP contribution is 2.36. The Morgan fingerprint density at radius 2 is 2.00 bits per heavy atom. The number of esters is 1. The normalized spacial score (nSPS) is 21.7. The van der Waals surface area contributed by atoms with Crippen molar-refractivity contribution in [3.8, 4) is 0 Å². The summed E-state index contributed by atoms with van der Waals surface area (Å²) in [5.41, 5.74) is 0.103. The van der Waals surface area contributed by atoms with Crippen LogP contribution in [0.3, 0.4) is 0 Å². The van der Waals surface area contributed by atoms with E-state index in [1.54, 1.807) is 12.1 Å². The number of thioether (sulfide) groups is 1. The van der Waals surface area contributed by atoms with Crippen LogP contribution in [0.25, 0.3) is 0 Å². The van der Waals surface area contributed by atoms with E-state index in [9.17, 15) is 14.4 Å². The maximum absolute atomic E-state index is 12.7. The zero-order chi connectivity index (χ0) is 18.0. The summed E-state index contributed by atoms with van der Waals surface area (Å²) in [6.07, 6.45) is 3.98. The number of ether oxygens (including phenoxy) is 1. The van der Waals surface area contributed by atoms with Crippen molar-refractivity contribution in [3.63, 3.8) is 0 Å². The number of benzene rings is 1. The van der Waals surface area contributed by atoms with Crippen LogP contribution in [0, 0.1) is 0 Å². The Hall–Kier alpha value is -2.02. The molecule has 1 aromatic rings. The second kappa shape index (κ2) is 7.07. The average Bonchev–Trinajstić information content (AvgIpc) is 2.62. The summed E-state index contributed by atoms with van der Waals surface area (Å²) in [4.78, 5) is 37.8. The predicted molar refractivity (Wildman–Crippen MR) is 95.7 cm³/mol. The molecule has 6 nitrogen and oxygen atoms in total. The molecule has 0 bridgehead atoms. The third-order valence-corrected chi connectivity index (χ3v) is 5.99. The molecule has 0 spiro atoms. The van der Waals surface area contributed by atoms with E-state index in [-0.39, 0.29) is 17.1 Å². The molecule has 2 N–H and O–H groups in total. The number of anilines is 1. The van der Waals surface area contributed by atoms with Gasteiger partial charge in [-0.25, -0.2) is 4.79 Å². The van der Waals surface area contributed by atoms with Crippen molar-refractivity contribution in [1.82, 2.24) is 5.32 Å². The molecule has 0 radical (unpaired) electrons. The molecule has 0 saturated heterocycles. The monoisotopic (exact) mass is 362 g/mol. The molecule has 25 heavy (non-hydrogen) atoms. The van der Waals surface area contributed by atoms with Gasteiger partial charge in [0.15, 0.2) is 0 Å². The molecule has 1 aromatic carbocycles. The van der Waals surface area contributed by atoms with E-state index in [4.69, 9.17) is 4.74 Å². The summed E-state index contributed by atoms with van der Waals surface area (Å²) in [6, 6.07) is 5.21. The maximum atomic E-state index is 12.7. The first-order valence-electron chi connectivity index (χ1n) is 8.48. The highest BCUT2D eigenvalue weighted by atomic mass is 32.2. The first-order chi connectivity index (χ1) is 11.9. The van der Waals surface area contributed by atoms with Crippen LogP contribution in [0.4, 0.5) is 5.69 Å². The van der Waals surface area contributed by atoms with Crippen LogP contribution < -0.4 is 10.6 Å². The van der Waals surface area contributed by atoms with Crippen molar-refractivity contribution in [1.29, 1.82) is 0 Å². The number of amides is 2. The van der Waals surface area contributed by atoms with Gasteiger partial charge in [-0.05, 0) is 38.0 Å². The van der Waals surface area contributed by atoms with Gasteiger partial charge < -0.3 is 15.4 Å². The van der Waals surface area contributed by atoms with Gasteiger partial charge in [0.25, 0.3) is 5.91 Å². The Labute approximate surface area is 151 Å². The second-order valence-corrected chi connectivity index (χ2v) is 7.93. The Bertz CT molecular complexity index is 713. The second-order valence-electron chi connectivity index (χ2n) is 6.55. The molecule has 1 aliphatic heterocycles. The Balaban J connectivity index is 1.82. The lowest BCUT2D eigenvalue weighted by Crippen LogP contribution is -2.56. The zero-order valence-electron chi connectivity index (χ0n) is 14.4. The number of carbonyl (C=O) groups excluding carboxylic acids is 3. The molecule has 0 unspecified atom stereocenters. The summed E-state index contributed by atoms with van der Waals surface area (Å²) >= 11 is 1.47. The Kier molecular flexibility index (Phi) is 5.03. The highest BCUT2D eigenvalue weighted by Gasteiger charge is 2.42. The minimum Gasteiger partial charge on any atom is -0.467 e. The molecular formula is C18H22N2O4S. The van der Waals surface area contributed by atoms with Gasteiger partial charge in [-0.3, -0.25) is 9.59 Å². The molecule has 1 fully saturated rings. The van der Waals surface area contributed by atoms with Crippen LogP contribution in [0.2, 0.25) is 0 Å². The fourth-order valence-corrected chi connectivity index (χ4v) is 4.30. The van der Waals surface area contributed by atoms with Crippen molar-refractivity contribution in [2.24, 2.45) is 0 Å². The fraction of sp³-hybridized carbons (Fsp3) is 0.500. The average molecular weight is 362 g/mol. The molecule has 7 heteroatoms. The quantitative estimate of drug-likeness (QED) is 0.808. The minimum absolute atomic E-state index is 0.0756. The smallest absolute Gasteiger partial charge is 0.331 e. The third-order valence-electron chi connectivity index (χ3n) is 4.81. The van der Waals surface area contributed by atoms with Crippen LogP contribution in [-0.4, -0.2) is 35.7 Å². The molecule has 1 aliphatic carbocycles. The van der Waals surface area contributed by atoms with E-state index in [2.05, 4.69) is 10.6 Å². The molecule has 1 heterocycles. The first kappa shape index (κ1) is 17.8. The molecule has 134 valence electrons. The molecule has 2 amide bonds. The third kappa shape index (κ3) is 3.51. The van der Waals surface area contributed by atoms with Gasteiger partial charge in [-0.15, -0.1) is 11.8 Å².